The number of Topliss-reactive ketones (excluding diaryl/α,β-unsaturated/α-hetero) is 1. The van der Waals surface area contributed by atoms with Gasteiger partial charge in [-0.3, -0.25) is 4.79 Å². The maximum Gasteiger partial charge on any atom is 0.147 e. The standard InChI is InChI=1S/C13H23BrO/c1-2-3-4-5-6-7-8-9-10-11-13(15)12-14/h9-10H,2-8,11-12H2,1H3/b10-9-. The molecule has 0 aromatic rings. The molecule has 0 unspecified atom stereocenters. The smallest absolute Gasteiger partial charge is 0.147 e. The second-order valence-electron chi connectivity index (χ2n) is 3.90. The van der Waals surface area contributed by atoms with Gasteiger partial charge in [-0.1, -0.05) is 67.1 Å². The Kier molecular flexibility index (Phi) is 11.9. The number of allylic oxidation sites excluding steroid dienone is 2. The molecule has 1 nitrogen and oxygen atoms in total. The molecular formula is C13H23BrO. The first kappa shape index (κ1) is 14.9. The van der Waals surface area contributed by atoms with Crippen molar-refractivity contribution in [2.24, 2.45) is 0 Å². The van der Waals surface area contributed by atoms with Crippen LogP contribution in [-0.4, -0.2) is 11.1 Å². The van der Waals surface area contributed by atoms with Crippen LogP contribution in [0.2, 0.25) is 0 Å². The number of rotatable bonds is 10. The molecule has 0 saturated carbocycles. The molecule has 0 amide bonds. The molecule has 0 heterocycles. The number of ketones is 1. The summed E-state index contributed by atoms with van der Waals surface area (Å²) in [5.41, 5.74) is 0. The molecule has 0 spiro atoms. The molecule has 0 rings (SSSR count). The van der Waals surface area contributed by atoms with E-state index < -0.39 is 0 Å². The van der Waals surface area contributed by atoms with E-state index in [4.69, 9.17) is 0 Å². The van der Waals surface area contributed by atoms with Gasteiger partial charge in [0.25, 0.3) is 0 Å². The maximum atomic E-state index is 10.9. The Morgan fingerprint density at radius 3 is 2.40 bits per heavy atom. The van der Waals surface area contributed by atoms with Crippen LogP contribution in [0.15, 0.2) is 12.2 Å². The molecule has 0 N–H and O–H groups in total. The minimum atomic E-state index is 0.259. The SMILES string of the molecule is CCCCCCCC/C=C\CC(=O)CBr. The molecule has 2 heteroatoms. The fourth-order valence-corrected chi connectivity index (χ4v) is 1.66. The van der Waals surface area contributed by atoms with Gasteiger partial charge in [0.1, 0.15) is 5.78 Å². The number of halogens is 1. The Bertz CT molecular complexity index is 175. The van der Waals surface area contributed by atoms with Crippen LogP contribution in [0.5, 0.6) is 0 Å². The zero-order valence-electron chi connectivity index (χ0n) is 9.80. The lowest BCUT2D eigenvalue weighted by atomic mass is 10.1. The Hall–Kier alpha value is -0.110. The molecule has 0 aliphatic carbocycles. The monoisotopic (exact) mass is 274 g/mol. The van der Waals surface area contributed by atoms with E-state index in [1.165, 1.54) is 38.5 Å². The molecule has 0 radical (unpaired) electrons. The Labute approximate surface area is 102 Å². The molecule has 0 aromatic carbocycles. The van der Waals surface area contributed by atoms with E-state index in [-0.39, 0.29) is 5.78 Å². The highest BCUT2D eigenvalue weighted by atomic mass is 79.9. The average molecular weight is 275 g/mol. The van der Waals surface area contributed by atoms with E-state index >= 15 is 0 Å². The highest BCUT2D eigenvalue weighted by molar-refractivity contribution is 9.09. The number of unbranched alkanes of at least 4 members (excludes halogenated alkanes) is 6. The number of alkyl halides is 1. The summed E-state index contributed by atoms with van der Waals surface area (Å²) >= 11 is 3.15. The summed E-state index contributed by atoms with van der Waals surface area (Å²) in [6.07, 6.45) is 13.9. The largest absolute Gasteiger partial charge is 0.298 e. The van der Waals surface area contributed by atoms with E-state index in [1.807, 2.05) is 6.08 Å². The lowest BCUT2D eigenvalue weighted by molar-refractivity contribution is -0.115. The van der Waals surface area contributed by atoms with Crippen molar-refractivity contribution in [1.82, 2.24) is 0 Å². The third-order valence-electron chi connectivity index (χ3n) is 2.39. The van der Waals surface area contributed by atoms with Crippen molar-refractivity contribution in [2.45, 2.75) is 58.3 Å². The summed E-state index contributed by atoms with van der Waals surface area (Å²) in [5.74, 6) is 0.259. The number of carbonyl (C=O) groups is 1. The molecule has 0 aliphatic rings. The van der Waals surface area contributed by atoms with E-state index in [9.17, 15) is 4.79 Å². The van der Waals surface area contributed by atoms with Gasteiger partial charge in [-0.05, 0) is 12.8 Å². The lowest BCUT2D eigenvalue weighted by Gasteiger charge is -1.97. The quantitative estimate of drug-likeness (QED) is 0.322. The zero-order chi connectivity index (χ0) is 11.4. The third kappa shape index (κ3) is 11.8. The van der Waals surface area contributed by atoms with E-state index in [0.717, 1.165) is 6.42 Å². The van der Waals surface area contributed by atoms with E-state index in [0.29, 0.717) is 11.8 Å². The highest BCUT2D eigenvalue weighted by Crippen LogP contribution is 2.07. The van der Waals surface area contributed by atoms with Crippen LogP contribution in [0.4, 0.5) is 0 Å². The zero-order valence-corrected chi connectivity index (χ0v) is 11.4. The average Bonchev–Trinajstić information content (AvgIpc) is 2.26. The van der Waals surface area contributed by atoms with Gasteiger partial charge >= 0.3 is 0 Å². The van der Waals surface area contributed by atoms with Crippen molar-refractivity contribution in [3.8, 4) is 0 Å². The van der Waals surface area contributed by atoms with Crippen molar-refractivity contribution in [3.63, 3.8) is 0 Å². The van der Waals surface area contributed by atoms with Crippen LogP contribution in [0.25, 0.3) is 0 Å². The van der Waals surface area contributed by atoms with Crippen molar-refractivity contribution in [1.29, 1.82) is 0 Å². The summed E-state index contributed by atoms with van der Waals surface area (Å²) in [6.45, 7) is 2.24. The van der Waals surface area contributed by atoms with Gasteiger partial charge in [0.05, 0.1) is 5.33 Å². The van der Waals surface area contributed by atoms with Crippen molar-refractivity contribution < 1.29 is 4.79 Å². The first-order chi connectivity index (χ1) is 7.31. The van der Waals surface area contributed by atoms with E-state index in [2.05, 4.69) is 28.9 Å². The predicted molar refractivity (Wildman–Crippen MR) is 70.6 cm³/mol. The Balaban J connectivity index is 3.13. The summed E-state index contributed by atoms with van der Waals surface area (Å²) in [7, 11) is 0. The maximum absolute atomic E-state index is 10.9. The van der Waals surface area contributed by atoms with Gasteiger partial charge in [0, 0.05) is 6.42 Å². The van der Waals surface area contributed by atoms with E-state index in [1.54, 1.807) is 0 Å². The van der Waals surface area contributed by atoms with Crippen LogP contribution in [0.3, 0.4) is 0 Å². The van der Waals surface area contributed by atoms with Gasteiger partial charge in [0.2, 0.25) is 0 Å². The second kappa shape index (κ2) is 12.0. The number of carbonyl (C=O) groups excluding carboxylic acids is 1. The third-order valence-corrected chi connectivity index (χ3v) is 3.01. The van der Waals surface area contributed by atoms with Crippen LogP contribution in [0.1, 0.15) is 58.3 Å². The normalized spacial score (nSPS) is 11.1. The number of hydrogen-bond donors (Lipinski definition) is 0. The second-order valence-corrected chi connectivity index (χ2v) is 4.47. The Morgan fingerprint density at radius 1 is 1.07 bits per heavy atom. The summed E-state index contributed by atoms with van der Waals surface area (Å²) in [6, 6.07) is 0. The fourth-order valence-electron chi connectivity index (χ4n) is 1.43. The first-order valence-corrected chi connectivity index (χ1v) is 7.16. The minimum Gasteiger partial charge on any atom is -0.298 e. The molecule has 0 fully saturated rings. The predicted octanol–water partition coefficient (Wildman–Crippen LogP) is 4.65. The van der Waals surface area contributed by atoms with Gasteiger partial charge in [-0.2, -0.15) is 0 Å². The molecule has 15 heavy (non-hydrogen) atoms. The molecule has 0 bridgehead atoms. The summed E-state index contributed by atoms with van der Waals surface area (Å²) in [5, 5.41) is 0.481. The van der Waals surface area contributed by atoms with Crippen molar-refractivity contribution >= 4 is 21.7 Å². The molecule has 88 valence electrons. The van der Waals surface area contributed by atoms with Crippen LogP contribution < -0.4 is 0 Å². The van der Waals surface area contributed by atoms with Gasteiger partial charge in [0.15, 0.2) is 0 Å². The molecule has 0 saturated heterocycles. The fraction of sp³-hybridized carbons (Fsp3) is 0.769. The number of hydrogen-bond acceptors (Lipinski definition) is 1. The molecule has 0 aromatic heterocycles. The first-order valence-electron chi connectivity index (χ1n) is 6.04. The van der Waals surface area contributed by atoms with Crippen LogP contribution >= 0.6 is 15.9 Å². The van der Waals surface area contributed by atoms with Crippen molar-refractivity contribution in [3.05, 3.63) is 12.2 Å². The van der Waals surface area contributed by atoms with Crippen LogP contribution in [0, 0.1) is 0 Å². The molecule has 0 atom stereocenters. The highest BCUT2D eigenvalue weighted by Gasteiger charge is 1.93. The van der Waals surface area contributed by atoms with Crippen molar-refractivity contribution in [2.75, 3.05) is 5.33 Å². The molecule has 0 aliphatic heterocycles. The van der Waals surface area contributed by atoms with Gasteiger partial charge in [-0.25, -0.2) is 0 Å². The summed E-state index contributed by atoms with van der Waals surface area (Å²) < 4.78 is 0. The summed E-state index contributed by atoms with van der Waals surface area (Å²) in [4.78, 5) is 10.9. The van der Waals surface area contributed by atoms with Gasteiger partial charge < -0.3 is 0 Å². The Morgan fingerprint density at radius 2 is 1.73 bits per heavy atom. The van der Waals surface area contributed by atoms with Gasteiger partial charge in [-0.15, -0.1) is 0 Å². The lowest BCUT2D eigenvalue weighted by Crippen LogP contribution is -1.94. The molecular weight excluding hydrogens is 252 g/mol. The topological polar surface area (TPSA) is 17.1 Å². The minimum absolute atomic E-state index is 0.259. The van der Waals surface area contributed by atoms with Crippen LogP contribution in [-0.2, 0) is 4.79 Å².